The molecular weight excluding hydrogens is 474 g/mol. The normalized spacial score (nSPS) is 13.5. The number of hydrogen-bond donors (Lipinski definition) is 1. The van der Waals surface area contributed by atoms with Crippen LogP contribution in [0, 0.1) is 0 Å². The van der Waals surface area contributed by atoms with E-state index in [4.69, 9.17) is 16.3 Å². The van der Waals surface area contributed by atoms with E-state index in [-0.39, 0.29) is 26.5 Å². The number of hydrogen-bond acceptors (Lipinski definition) is 5. The molecule has 6 nitrogen and oxygen atoms in total. The van der Waals surface area contributed by atoms with Crippen molar-refractivity contribution in [2.45, 2.75) is 9.79 Å². The molecule has 34 heavy (non-hydrogen) atoms. The molecule has 0 saturated heterocycles. The first kappa shape index (κ1) is 21.9. The largest absolute Gasteiger partial charge is 0.454 e. The molecule has 0 fully saturated rings. The van der Waals surface area contributed by atoms with Crippen LogP contribution in [-0.4, -0.2) is 20.1 Å². The van der Waals surface area contributed by atoms with Crippen molar-refractivity contribution in [3.05, 3.63) is 113 Å². The third-order valence-electron chi connectivity index (χ3n) is 5.39. The molecule has 1 amide bonds. The quantitative estimate of drug-likeness (QED) is 0.346. The van der Waals surface area contributed by atoms with Gasteiger partial charge in [0, 0.05) is 16.7 Å². The van der Waals surface area contributed by atoms with Crippen LogP contribution in [0.2, 0.25) is 5.02 Å². The number of amides is 1. The molecule has 0 bridgehead atoms. The molecule has 8 heteroatoms. The summed E-state index contributed by atoms with van der Waals surface area (Å²) in [6, 6.07) is 23.8. The maximum atomic E-state index is 13.1. The van der Waals surface area contributed by atoms with Crippen LogP contribution in [0.4, 0.5) is 5.69 Å². The summed E-state index contributed by atoms with van der Waals surface area (Å²) in [6.07, 6.45) is 0. The van der Waals surface area contributed by atoms with E-state index in [1.807, 2.05) is 0 Å². The monoisotopic (exact) mass is 489 g/mol. The van der Waals surface area contributed by atoms with Crippen LogP contribution in [0.25, 0.3) is 0 Å². The molecule has 5 rings (SSSR count). The van der Waals surface area contributed by atoms with E-state index < -0.39 is 21.5 Å². The molecule has 0 aromatic heterocycles. The van der Waals surface area contributed by atoms with Gasteiger partial charge in [-0.3, -0.25) is 9.59 Å². The first-order valence-corrected chi connectivity index (χ1v) is 12.1. The number of rotatable bonds is 4. The van der Waals surface area contributed by atoms with Crippen molar-refractivity contribution in [1.29, 1.82) is 0 Å². The Morgan fingerprint density at radius 3 is 2.21 bits per heavy atom. The molecule has 0 saturated carbocycles. The Labute approximate surface area is 200 Å². The SMILES string of the molecule is O=C(Nc1ccccc1Oc1ccccc1Cl)c1ccc2c(c1)S(=O)(=O)c1ccccc1C2=O. The topological polar surface area (TPSA) is 89.5 Å². The molecule has 0 aliphatic carbocycles. The Morgan fingerprint density at radius 2 is 1.41 bits per heavy atom. The van der Waals surface area contributed by atoms with Crippen LogP contribution in [0.3, 0.4) is 0 Å². The fourth-order valence-corrected chi connectivity index (χ4v) is 5.58. The number of ketones is 1. The molecule has 0 spiro atoms. The number of nitrogens with one attached hydrogen (secondary N) is 1. The van der Waals surface area contributed by atoms with Crippen molar-refractivity contribution in [1.82, 2.24) is 0 Å². The number of ether oxygens (including phenoxy) is 1. The summed E-state index contributed by atoms with van der Waals surface area (Å²) in [5.41, 5.74) is 0.618. The smallest absolute Gasteiger partial charge is 0.255 e. The number of benzene rings is 4. The summed E-state index contributed by atoms with van der Waals surface area (Å²) in [4.78, 5) is 25.6. The Kier molecular flexibility index (Phi) is 5.43. The summed E-state index contributed by atoms with van der Waals surface area (Å²) < 4.78 is 32.2. The van der Waals surface area contributed by atoms with E-state index in [9.17, 15) is 18.0 Å². The lowest BCUT2D eigenvalue weighted by atomic mass is 10.0. The number of anilines is 1. The fourth-order valence-electron chi connectivity index (χ4n) is 3.72. The van der Waals surface area contributed by atoms with Crippen LogP contribution in [0.1, 0.15) is 26.3 Å². The highest BCUT2D eigenvalue weighted by Crippen LogP contribution is 2.36. The first-order chi connectivity index (χ1) is 16.4. The van der Waals surface area contributed by atoms with Crippen molar-refractivity contribution in [2.75, 3.05) is 5.32 Å². The van der Waals surface area contributed by atoms with Gasteiger partial charge in [-0.15, -0.1) is 0 Å². The molecule has 4 aromatic carbocycles. The number of sulfone groups is 1. The van der Waals surface area contributed by atoms with Gasteiger partial charge in [0.1, 0.15) is 5.75 Å². The zero-order valence-corrected chi connectivity index (χ0v) is 19.1. The van der Waals surface area contributed by atoms with E-state index in [1.165, 1.54) is 30.3 Å². The average Bonchev–Trinajstić information content (AvgIpc) is 2.85. The van der Waals surface area contributed by atoms with Crippen molar-refractivity contribution < 1.29 is 22.7 Å². The molecule has 4 aromatic rings. The zero-order valence-electron chi connectivity index (χ0n) is 17.5. The van der Waals surface area contributed by atoms with Gasteiger partial charge in [0.15, 0.2) is 11.5 Å². The van der Waals surface area contributed by atoms with Gasteiger partial charge in [0.2, 0.25) is 9.84 Å². The lowest BCUT2D eigenvalue weighted by molar-refractivity contribution is 0.101. The number of carbonyl (C=O) groups excluding carboxylic acids is 2. The Morgan fingerprint density at radius 1 is 0.765 bits per heavy atom. The van der Waals surface area contributed by atoms with E-state index in [0.717, 1.165) is 0 Å². The Bertz CT molecular complexity index is 1580. The number of fused-ring (bicyclic) bond motifs is 2. The number of halogens is 1. The van der Waals surface area contributed by atoms with Crippen LogP contribution < -0.4 is 10.1 Å². The highest BCUT2D eigenvalue weighted by molar-refractivity contribution is 7.91. The molecule has 0 atom stereocenters. The van der Waals surface area contributed by atoms with Crippen LogP contribution in [0.5, 0.6) is 11.5 Å². The Hall–Kier alpha value is -3.94. The molecule has 168 valence electrons. The van der Waals surface area contributed by atoms with Crippen LogP contribution in [0.15, 0.2) is 101 Å². The highest BCUT2D eigenvalue weighted by atomic mass is 35.5. The van der Waals surface area contributed by atoms with Gasteiger partial charge in [0.05, 0.1) is 20.5 Å². The second-order valence-electron chi connectivity index (χ2n) is 7.52. The third-order valence-corrected chi connectivity index (χ3v) is 7.56. The molecular formula is C26H16ClNO5S. The predicted molar refractivity (Wildman–Crippen MR) is 128 cm³/mol. The van der Waals surface area contributed by atoms with E-state index in [0.29, 0.717) is 22.2 Å². The predicted octanol–water partition coefficient (Wildman–Crippen LogP) is 5.76. The van der Waals surface area contributed by atoms with Gasteiger partial charge in [-0.1, -0.05) is 48.0 Å². The van der Waals surface area contributed by atoms with Gasteiger partial charge in [0.25, 0.3) is 5.91 Å². The number of carbonyl (C=O) groups is 2. The third kappa shape index (κ3) is 3.75. The molecule has 0 unspecified atom stereocenters. The maximum absolute atomic E-state index is 13.1. The van der Waals surface area contributed by atoms with Crippen molar-refractivity contribution in [3.8, 4) is 11.5 Å². The zero-order chi connectivity index (χ0) is 23.9. The van der Waals surface area contributed by atoms with Crippen molar-refractivity contribution in [3.63, 3.8) is 0 Å². The number of para-hydroxylation sites is 3. The lowest BCUT2D eigenvalue weighted by Crippen LogP contribution is -2.21. The summed E-state index contributed by atoms with van der Waals surface area (Å²) in [5.74, 6) is -0.174. The molecule has 1 aliphatic rings. The Balaban J connectivity index is 1.48. The van der Waals surface area contributed by atoms with Gasteiger partial charge >= 0.3 is 0 Å². The van der Waals surface area contributed by atoms with Crippen molar-refractivity contribution >= 4 is 38.8 Å². The molecule has 0 radical (unpaired) electrons. The van der Waals surface area contributed by atoms with Crippen LogP contribution in [-0.2, 0) is 9.84 Å². The molecule has 1 N–H and O–H groups in total. The van der Waals surface area contributed by atoms with Gasteiger partial charge in [-0.05, 0) is 54.6 Å². The minimum atomic E-state index is -3.96. The van der Waals surface area contributed by atoms with Crippen molar-refractivity contribution in [2.24, 2.45) is 0 Å². The lowest BCUT2D eigenvalue weighted by Gasteiger charge is -2.19. The molecule has 1 heterocycles. The second kappa shape index (κ2) is 8.44. The summed E-state index contributed by atoms with van der Waals surface area (Å²) in [6.45, 7) is 0. The first-order valence-electron chi connectivity index (χ1n) is 10.2. The van der Waals surface area contributed by atoms with Gasteiger partial charge in [-0.2, -0.15) is 0 Å². The summed E-state index contributed by atoms with van der Waals surface area (Å²) >= 11 is 6.17. The van der Waals surface area contributed by atoms with Gasteiger partial charge in [-0.25, -0.2) is 8.42 Å². The second-order valence-corrected chi connectivity index (χ2v) is 9.82. The molecule has 1 aliphatic heterocycles. The minimum Gasteiger partial charge on any atom is -0.454 e. The van der Waals surface area contributed by atoms with Crippen LogP contribution >= 0.6 is 11.6 Å². The summed E-state index contributed by atoms with van der Waals surface area (Å²) in [5, 5.41) is 3.15. The average molecular weight is 490 g/mol. The standard InChI is InChI=1S/C26H16ClNO5S/c27-19-8-2-4-10-21(19)33-22-11-5-3-9-20(22)28-26(30)16-13-14-18-24(15-16)34(31,32)23-12-6-1-7-17(23)25(18)29/h1-15H,(H,28,30). The maximum Gasteiger partial charge on any atom is 0.255 e. The van der Waals surface area contributed by atoms with E-state index in [2.05, 4.69) is 5.32 Å². The fraction of sp³-hybridized carbons (Fsp3) is 0. The van der Waals surface area contributed by atoms with E-state index >= 15 is 0 Å². The highest BCUT2D eigenvalue weighted by Gasteiger charge is 2.35. The van der Waals surface area contributed by atoms with E-state index in [1.54, 1.807) is 60.7 Å². The minimum absolute atomic E-state index is 0.0395. The van der Waals surface area contributed by atoms with Gasteiger partial charge < -0.3 is 10.1 Å². The summed E-state index contributed by atoms with van der Waals surface area (Å²) in [7, 11) is -3.96.